The first kappa shape index (κ1) is 18.0. The van der Waals surface area contributed by atoms with Gasteiger partial charge in [-0.3, -0.25) is 13.9 Å². The van der Waals surface area contributed by atoms with Crippen molar-refractivity contribution < 1.29 is 19.1 Å². The molecule has 9 nitrogen and oxygen atoms in total. The van der Waals surface area contributed by atoms with Gasteiger partial charge in [0.2, 0.25) is 12.7 Å². The Balaban J connectivity index is 1.71. The number of carbonyl (C=O) groups is 1. The molecule has 0 amide bonds. The van der Waals surface area contributed by atoms with E-state index < -0.39 is 17.2 Å². The van der Waals surface area contributed by atoms with Gasteiger partial charge >= 0.3 is 11.7 Å². The normalized spacial score (nSPS) is 14.8. The maximum absolute atomic E-state index is 12.9. The van der Waals surface area contributed by atoms with Gasteiger partial charge in [-0.25, -0.2) is 19.9 Å². The molecule has 2 aromatic heterocycles. The second kappa shape index (κ2) is 7.33. The zero-order chi connectivity index (χ0) is 19.7. The molecule has 28 heavy (non-hydrogen) atoms. The highest BCUT2D eigenvalue weighted by atomic mass is 32.1. The van der Waals surface area contributed by atoms with Gasteiger partial charge in [0.05, 0.1) is 11.9 Å². The smallest absolute Gasteiger partial charge is 0.353 e. The number of ether oxygens (including phenoxy) is 2. The molecule has 0 unspecified atom stereocenters. The Kier molecular flexibility index (Phi) is 4.72. The van der Waals surface area contributed by atoms with Crippen molar-refractivity contribution in [3.63, 3.8) is 0 Å². The van der Waals surface area contributed by atoms with Crippen LogP contribution in [0.25, 0.3) is 10.2 Å². The number of hydroxylamine groups is 1. The molecular formula is C18H15N3O6S. The van der Waals surface area contributed by atoms with E-state index in [1.807, 2.05) is 30.3 Å². The first-order valence-corrected chi connectivity index (χ1v) is 9.05. The third kappa shape index (κ3) is 3.30. The van der Waals surface area contributed by atoms with Crippen molar-refractivity contribution in [1.82, 2.24) is 14.6 Å². The first-order chi connectivity index (χ1) is 13.5. The van der Waals surface area contributed by atoms with Crippen LogP contribution in [-0.4, -0.2) is 21.9 Å². The van der Waals surface area contributed by atoms with E-state index in [-0.39, 0.29) is 29.5 Å². The predicted molar refractivity (Wildman–Crippen MR) is 101 cm³/mol. The van der Waals surface area contributed by atoms with Gasteiger partial charge < -0.3 is 9.47 Å². The van der Waals surface area contributed by atoms with E-state index in [1.54, 1.807) is 7.05 Å². The molecule has 10 heteroatoms. The number of thiophene rings is 1. The third-order valence-electron chi connectivity index (χ3n) is 4.11. The molecule has 3 aromatic rings. The van der Waals surface area contributed by atoms with Crippen LogP contribution in [0.4, 0.5) is 0 Å². The van der Waals surface area contributed by atoms with Gasteiger partial charge in [-0.1, -0.05) is 30.3 Å². The van der Waals surface area contributed by atoms with Crippen LogP contribution in [-0.2, 0) is 27.9 Å². The molecule has 0 aliphatic carbocycles. The zero-order valence-corrected chi connectivity index (χ0v) is 15.5. The Bertz CT molecular complexity index is 1180. The molecule has 0 saturated carbocycles. The summed E-state index contributed by atoms with van der Waals surface area (Å²) in [5.41, 5.74) is 2.33. The Morgan fingerprint density at radius 2 is 2.11 bits per heavy atom. The van der Waals surface area contributed by atoms with Crippen molar-refractivity contribution in [2.75, 3.05) is 6.79 Å². The van der Waals surface area contributed by atoms with Crippen molar-refractivity contribution in [3.8, 4) is 0 Å². The van der Waals surface area contributed by atoms with Crippen LogP contribution in [0.15, 0.2) is 58.1 Å². The van der Waals surface area contributed by atoms with E-state index in [0.717, 1.165) is 27.7 Å². The fourth-order valence-electron chi connectivity index (χ4n) is 2.74. The van der Waals surface area contributed by atoms with E-state index in [1.165, 1.54) is 10.6 Å². The summed E-state index contributed by atoms with van der Waals surface area (Å²) in [6.07, 6.45) is 1.08. The van der Waals surface area contributed by atoms with Crippen LogP contribution in [0.2, 0.25) is 0 Å². The minimum absolute atomic E-state index is 0.00927. The highest BCUT2D eigenvalue weighted by molar-refractivity contribution is 7.20. The Hall–Kier alpha value is -3.37. The Labute approximate surface area is 161 Å². The number of hydrogen-bond donors (Lipinski definition) is 1. The number of esters is 1. The van der Waals surface area contributed by atoms with Crippen LogP contribution in [0.3, 0.4) is 0 Å². The predicted octanol–water partition coefficient (Wildman–Crippen LogP) is 1.27. The summed E-state index contributed by atoms with van der Waals surface area (Å²) < 4.78 is 12.5. The van der Waals surface area contributed by atoms with Gasteiger partial charge in [0, 0.05) is 7.05 Å². The van der Waals surface area contributed by atoms with E-state index in [2.05, 4.69) is 5.48 Å². The van der Waals surface area contributed by atoms with E-state index in [4.69, 9.17) is 14.3 Å². The van der Waals surface area contributed by atoms with Gasteiger partial charge in [0.1, 0.15) is 9.71 Å². The Morgan fingerprint density at radius 1 is 1.32 bits per heavy atom. The fraction of sp³-hybridized carbons (Fsp3) is 0.167. The molecule has 1 aliphatic rings. The van der Waals surface area contributed by atoms with Crippen LogP contribution < -0.4 is 16.7 Å². The minimum atomic E-state index is -0.674. The molecule has 3 heterocycles. The number of fused-ring (bicyclic) bond motifs is 1. The average Bonchev–Trinajstić information content (AvgIpc) is 3.38. The lowest BCUT2D eigenvalue weighted by Gasteiger charge is -2.08. The quantitative estimate of drug-likeness (QED) is 0.519. The van der Waals surface area contributed by atoms with Crippen molar-refractivity contribution in [2.24, 2.45) is 7.05 Å². The molecule has 1 saturated heterocycles. The summed E-state index contributed by atoms with van der Waals surface area (Å²) in [5.74, 6) is -0.514. The zero-order valence-electron chi connectivity index (χ0n) is 14.7. The lowest BCUT2D eigenvalue weighted by atomic mass is 10.2. The van der Waals surface area contributed by atoms with Crippen molar-refractivity contribution in [2.45, 2.75) is 6.54 Å². The van der Waals surface area contributed by atoms with Gasteiger partial charge in [-0.2, -0.15) is 0 Å². The fourth-order valence-corrected chi connectivity index (χ4v) is 3.72. The maximum atomic E-state index is 12.9. The summed E-state index contributed by atoms with van der Waals surface area (Å²) in [5, 5.41) is 0.279. The number of hydrogen-bond acceptors (Lipinski definition) is 8. The SMILES string of the molecule is Cn1c(=O)n(Cc2ccccc2)c(=O)c2cc(C(=O)OC=C3NOCO3)sc21. The minimum Gasteiger partial charge on any atom is -0.446 e. The summed E-state index contributed by atoms with van der Waals surface area (Å²) in [4.78, 5) is 43.1. The van der Waals surface area contributed by atoms with Crippen molar-refractivity contribution in [1.29, 1.82) is 0 Å². The lowest BCUT2D eigenvalue weighted by Crippen LogP contribution is -2.38. The topological polar surface area (TPSA) is 101 Å². The highest BCUT2D eigenvalue weighted by Crippen LogP contribution is 2.23. The maximum Gasteiger partial charge on any atom is 0.353 e. The lowest BCUT2D eigenvalue weighted by molar-refractivity contribution is 0.0415. The summed E-state index contributed by atoms with van der Waals surface area (Å²) in [6, 6.07) is 10.6. The number of carbonyl (C=O) groups excluding carboxylic acids is 1. The molecule has 4 rings (SSSR count). The van der Waals surface area contributed by atoms with Crippen LogP contribution in [0.1, 0.15) is 15.2 Å². The molecule has 1 aliphatic heterocycles. The van der Waals surface area contributed by atoms with Gasteiger partial charge in [0.25, 0.3) is 5.56 Å². The molecule has 144 valence electrons. The number of aromatic nitrogens is 2. The van der Waals surface area contributed by atoms with Gasteiger partial charge in [0.15, 0.2) is 6.26 Å². The van der Waals surface area contributed by atoms with E-state index >= 15 is 0 Å². The number of rotatable bonds is 4. The summed E-state index contributed by atoms with van der Waals surface area (Å²) in [7, 11) is 1.56. The third-order valence-corrected chi connectivity index (χ3v) is 5.31. The van der Waals surface area contributed by atoms with E-state index in [9.17, 15) is 14.4 Å². The van der Waals surface area contributed by atoms with Gasteiger partial charge in [-0.05, 0) is 11.6 Å². The Morgan fingerprint density at radius 3 is 2.82 bits per heavy atom. The number of nitrogens with one attached hydrogen (secondary N) is 1. The first-order valence-electron chi connectivity index (χ1n) is 8.23. The van der Waals surface area contributed by atoms with Gasteiger partial charge in [-0.15, -0.1) is 11.3 Å². The van der Waals surface area contributed by atoms with E-state index in [0.29, 0.717) is 4.83 Å². The van der Waals surface area contributed by atoms with Crippen molar-refractivity contribution >= 4 is 27.5 Å². The van der Waals surface area contributed by atoms with Crippen LogP contribution in [0, 0.1) is 0 Å². The van der Waals surface area contributed by atoms with Crippen molar-refractivity contribution in [3.05, 3.63) is 79.8 Å². The highest BCUT2D eigenvalue weighted by Gasteiger charge is 2.19. The van der Waals surface area contributed by atoms with Crippen LogP contribution in [0.5, 0.6) is 0 Å². The second-order valence-electron chi connectivity index (χ2n) is 5.94. The molecule has 0 spiro atoms. The molecule has 0 atom stereocenters. The molecule has 0 radical (unpaired) electrons. The summed E-state index contributed by atoms with van der Waals surface area (Å²) in [6.45, 7) is 0.155. The molecule has 1 N–H and O–H groups in total. The number of nitrogens with zero attached hydrogens (tertiary/aromatic N) is 2. The standard InChI is InChI=1S/C18H15N3O6S/c1-20-16-12(7-13(28-16)17(23)25-9-14-19-27-10-26-14)15(22)21(18(20)24)8-11-5-3-2-4-6-11/h2-7,9,19H,8,10H2,1H3. The summed E-state index contributed by atoms with van der Waals surface area (Å²) >= 11 is 1.01. The largest absolute Gasteiger partial charge is 0.446 e. The second-order valence-corrected chi connectivity index (χ2v) is 6.97. The van der Waals surface area contributed by atoms with Crippen LogP contribution >= 0.6 is 11.3 Å². The molecule has 0 bridgehead atoms. The molecule has 1 aromatic carbocycles. The average molecular weight is 401 g/mol. The monoisotopic (exact) mass is 401 g/mol. The number of benzene rings is 1. The molecule has 1 fully saturated rings. The molecular weight excluding hydrogens is 386 g/mol. The number of aryl methyl sites for hydroxylation is 1.